The maximum atomic E-state index is 12.9. The quantitative estimate of drug-likeness (QED) is 0.700. The fourth-order valence-corrected chi connectivity index (χ4v) is 3.85. The minimum absolute atomic E-state index is 0.129. The molecule has 4 heterocycles. The van der Waals surface area contributed by atoms with Crippen molar-refractivity contribution in [1.29, 1.82) is 0 Å². The summed E-state index contributed by atoms with van der Waals surface area (Å²) < 4.78 is 1.42. The summed E-state index contributed by atoms with van der Waals surface area (Å²) in [6, 6.07) is 5.32. The topological polar surface area (TPSA) is 70.8 Å². The molecule has 0 spiro atoms. The average Bonchev–Trinajstić information content (AvgIpc) is 3.06. The molecule has 0 bridgehead atoms. The molecule has 1 saturated heterocycles. The van der Waals surface area contributed by atoms with Crippen LogP contribution in [0.4, 0.5) is 0 Å². The lowest BCUT2D eigenvalue weighted by molar-refractivity contribution is 0.0758. The lowest BCUT2D eigenvalue weighted by Gasteiger charge is -2.21. The zero-order valence-electron chi connectivity index (χ0n) is 14.2. The van der Waals surface area contributed by atoms with E-state index >= 15 is 0 Å². The zero-order valence-corrected chi connectivity index (χ0v) is 15.1. The predicted octanol–water partition coefficient (Wildman–Crippen LogP) is 1.50. The summed E-state index contributed by atoms with van der Waals surface area (Å²) in [7, 11) is 0. The summed E-state index contributed by atoms with van der Waals surface area (Å²) in [5.41, 5.74) is 2.19. The van der Waals surface area contributed by atoms with Crippen molar-refractivity contribution in [3.8, 4) is 0 Å². The van der Waals surface area contributed by atoms with Crippen LogP contribution in [-0.4, -0.2) is 56.3 Å². The van der Waals surface area contributed by atoms with Crippen molar-refractivity contribution in [2.45, 2.75) is 13.0 Å². The monoisotopic (exact) mass is 369 g/mol. The summed E-state index contributed by atoms with van der Waals surface area (Å²) in [4.78, 5) is 39.2. The van der Waals surface area contributed by atoms with Crippen molar-refractivity contribution in [2.24, 2.45) is 0 Å². The van der Waals surface area contributed by atoms with Crippen molar-refractivity contribution >= 4 is 22.9 Å². The summed E-state index contributed by atoms with van der Waals surface area (Å²) in [6.07, 6.45) is 5.81. The summed E-state index contributed by atoms with van der Waals surface area (Å²) in [5.74, 6) is -0.236. The lowest BCUT2D eigenvalue weighted by atomic mass is 10.2. The highest BCUT2D eigenvalue weighted by Crippen LogP contribution is 2.13. The van der Waals surface area contributed by atoms with E-state index in [2.05, 4.69) is 14.9 Å². The Kier molecular flexibility index (Phi) is 4.77. The standard InChI is InChI=1S/C18H19N5O2S/c24-17(15-11-20-16-4-1-2-7-23(16)18(15)25)22-6-3-5-21(8-9-22)12-14-10-19-13-26-14/h1-2,4,7,10-11,13H,3,5-6,8-9,12H2. The number of amides is 1. The zero-order chi connectivity index (χ0) is 17.9. The van der Waals surface area contributed by atoms with Crippen LogP contribution < -0.4 is 5.56 Å². The van der Waals surface area contributed by atoms with E-state index in [0.29, 0.717) is 18.7 Å². The van der Waals surface area contributed by atoms with Gasteiger partial charge in [-0.25, -0.2) is 4.98 Å². The number of carbonyl (C=O) groups is 1. The predicted molar refractivity (Wildman–Crippen MR) is 99.4 cm³/mol. The SMILES string of the molecule is O=C(c1cnc2ccccn2c1=O)N1CCCN(Cc2cncs2)CC1. The lowest BCUT2D eigenvalue weighted by Crippen LogP contribution is -2.38. The van der Waals surface area contributed by atoms with E-state index < -0.39 is 0 Å². The second-order valence-electron chi connectivity index (χ2n) is 6.30. The molecule has 0 radical (unpaired) electrons. The molecule has 1 fully saturated rings. The van der Waals surface area contributed by atoms with Crippen LogP contribution in [0.5, 0.6) is 0 Å². The fraction of sp³-hybridized carbons (Fsp3) is 0.333. The van der Waals surface area contributed by atoms with Gasteiger partial charge in [-0.3, -0.25) is 23.9 Å². The van der Waals surface area contributed by atoms with Gasteiger partial charge >= 0.3 is 0 Å². The summed E-state index contributed by atoms with van der Waals surface area (Å²) in [6.45, 7) is 3.82. The van der Waals surface area contributed by atoms with Crippen molar-refractivity contribution in [3.63, 3.8) is 0 Å². The van der Waals surface area contributed by atoms with Gasteiger partial charge in [-0.1, -0.05) is 6.07 Å². The van der Waals surface area contributed by atoms with E-state index in [4.69, 9.17) is 0 Å². The van der Waals surface area contributed by atoms with E-state index in [-0.39, 0.29) is 17.0 Å². The van der Waals surface area contributed by atoms with Gasteiger partial charge in [0.2, 0.25) is 0 Å². The second kappa shape index (κ2) is 7.35. The van der Waals surface area contributed by atoms with Gasteiger partial charge in [-0.2, -0.15) is 0 Å². The van der Waals surface area contributed by atoms with Gasteiger partial charge < -0.3 is 4.90 Å². The normalized spacial score (nSPS) is 15.9. The first-order valence-electron chi connectivity index (χ1n) is 8.58. The molecule has 1 aliphatic heterocycles. The number of fused-ring (bicyclic) bond motifs is 1. The minimum Gasteiger partial charge on any atom is -0.337 e. The highest BCUT2D eigenvalue weighted by molar-refractivity contribution is 7.09. The Hall–Kier alpha value is -2.58. The molecule has 0 aliphatic carbocycles. The first-order valence-corrected chi connectivity index (χ1v) is 9.46. The van der Waals surface area contributed by atoms with Crippen LogP contribution in [0.2, 0.25) is 0 Å². The number of thiazole rings is 1. The van der Waals surface area contributed by atoms with Crippen LogP contribution in [0, 0.1) is 0 Å². The van der Waals surface area contributed by atoms with Gasteiger partial charge in [0.25, 0.3) is 11.5 Å². The number of rotatable bonds is 3. The van der Waals surface area contributed by atoms with Crippen molar-refractivity contribution < 1.29 is 4.79 Å². The third-order valence-electron chi connectivity index (χ3n) is 4.58. The maximum absolute atomic E-state index is 12.9. The highest BCUT2D eigenvalue weighted by atomic mass is 32.1. The maximum Gasteiger partial charge on any atom is 0.270 e. The summed E-state index contributed by atoms with van der Waals surface area (Å²) in [5, 5.41) is 0. The molecule has 3 aromatic heterocycles. The number of hydrogen-bond donors (Lipinski definition) is 0. The molecule has 0 aromatic carbocycles. The Morgan fingerprint density at radius 1 is 1.15 bits per heavy atom. The van der Waals surface area contributed by atoms with Crippen LogP contribution in [0.25, 0.3) is 5.65 Å². The Labute approximate surface area is 154 Å². The second-order valence-corrected chi connectivity index (χ2v) is 7.27. The van der Waals surface area contributed by atoms with Crippen LogP contribution in [0.3, 0.4) is 0 Å². The molecule has 1 aliphatic rings. The molecule has 8 heteroatoms. The van der Waals surface area contributed by atoms with E-state index in [1.165, 1.54) is 15.5 Å². The van der Waals surface area contributed by atoms with Crippen LogP contribution in [0.1, 0.15) is 21.7 Å². The molecule has 4 rings (SSSR count). The molecule has 134 valence electrons. The number of aromatic nitrogens is 3. The molecule has 0 saturated carbocycles. The molecule has 0 unspecified atom stereocenters. The third kappa shape index (κ3) is 3.38. The Bertz CT molecular complexity index is 969. The Balaban J connectivity index is 1.50. The largest absolute Gasteiger partial charge is 0.337 e. The van der Waals surface area contributed by atoms with Gasteiger partial charge in [-0.05, 0) is 18.6 Å². The number of carbonyl (C=O) groups excluding carboxylic acids is 1. The van der Waals surface area contributed by atoms with Crippen LogP contribution in [-0.2, 0) is 6.54 Å². The van der Waals surface area contributed by atoms with E-state index in [0.717, 1.165) is 26.1 Å². The molecule has 3 aromatic rings. The van der Waals surface area contributed by atoms with Crippen LogP contribution >= 0.6 is 11.3 Å². The van der Waals surface area contributed by atoms with Crippen molar-refractivity contribution in [1.82, 2.24) is 24.2 Å². The van der Waals surface area contributed by atoms with Crippen LogP contribution in [0.15, 0.2) is 47.1 Å². The molecule has 26 heavy (non-hydrogen) atoms. The van der Waals surface area contributed by atoms with Gasteiger partial charge in [0.15, 0.2) is 0 Å². The van der Waals surface area contributed by atoms with Crippen molar-refractivity contribution in [2.75, 3.05) is 26.2 Å². The van der Waals surface area contributed by atoms with E-state index in [1.807, 2.05) is 17.8 Å². The Morgan fingerprint density at radius 2 is 2.08 bits per heavy atom. The van der Waals surface area contributed by atoms with Gasteiger partial charge in [0, 0.05) is 56.2 Å². The fourth-order valence-electron chi connectivity index (χ4n) is 3.22. The molecular formula is C18H19N5O2S. The number of pyridine rings is 1. The number of nitrogens with zero attached hydrogens (tertiary/aromatic N) is 5. The van der Waals surface area contributed by atoms with Gasteiger partial charge in [0.1, 0.15) is 11.2 Å². The first-order chi connectivity index (χ1) is 12.7. The smallest absolute Gasteiger partial charge is 0.270 e. The molecule has 7 nitrogen and oxygen atoms in total. The van der Waals surface area contributed by atoms with Crippen molar-refractivity contribution in [3.05, 3.63) is 63.1 Å². The molecule has 1 amide bonds. The molecule has 0 N–H and O–H groups in total. The minimum atomic E-state index is -0.314. The van der Waals surface area contributed by atoms with Gasteiger partial charge in [0.05, 0.1) is 5.51 Å². The average molecular weight is 369 g/mol. The van der Waals surface area contributed by atoms with E-state index in [9.17, 15) is 9.59 Å². The van der Waals surface area contributed by atoms with E-state index in [1.54, 1.807) is 34.6 Å². The van der Waals surface area contributed by atoms with Gasteiger partial charge in [-0.15, -0.1) is 11.3 Å². The third-order valence-corrected chi connectivity index (χ3v) is 5.35. The first kappa shape index (κ1) is 16.9. The highest BCUT2D eigenvalue weighted by Gasteiger charge is 2.23. The molecular weight excluding hydrogens is 350 g/mol. The Morgan fingerprint density at radius 3 is 2.92 bits per heavy atom. The summed E-state index contributed by atoms with van der Waals surface area (Å²) >= 11 is 1.64. The number of hydrogen-bond acceptors (Lipinski definition) is 6. The molecule has 0 atom stereocenters.